The number of halogens is 1. The molecule has 2 aromatic rings. The molecule has 0 saturated carbocycles. The van der Waals surface area contributed by atoms with E-state index in [1.807, 2.05) is 49.6 Å². The molecule has 2 N–H and O–H groups in total. The fraction of sp³-hybridized carbons (Fsp3) is 0.333. The molecule has 1 aromatic heterocycles. The molecule has 0 aliphatic carbocycles. The molecule has 2 amide bonds. The first-order valence-electron chi connectivity index (χ1n) is 7.84. The molecule has 4 nitrogen and oxygen atoms in total. The van der Waals surface area contributed by atoms with E-state index in [-0.39, 0.29) is 17.7 Å². The summed E-state index contributed by atoms with van der Waals surface area (Å²) in [4.78, 5) is 25.2. The zero-order valence-corrected chi connectivity index (χ0v) is 15.3. The van der Waals surface area contributed by atoms with Gasteiger partial charge in [0, 0.05) is 11.6 Å². The van der Waals surface area contributed by atoms with Crippen LogP contribution in [0.25, 0.3) is 0 Å². The second kappa shape index (κ2) is 8.85. The highest BCUT2D eigenvalue weighted by atomic mass is 35.5. The molecule has 1 atom stereocenters. The molecule has 0 saturated heterocycles. The van der Waals surface area contributed by atoms with Crippen molar-refractivity contribution in [1.82, 2.24) is 10.6 Å². The summed E-state index contributed by atoms with van der Waals surface area (Å²) in [7, 11) is 0. The van der Waals surface area contributed by atoms with Crippen molar-refractivity contribution >= 4 is 34.8 Å². The summed E-state index contributed by atoms with van der Waals surface area (Å²) in [5.74, 6) is -0.384. The van der Waals surface area contributed by atoms with E-state index in [0.29, 0.717) is 22.9 Å². The van der Waals surface area contributed by atoms with Gasteiger partial charge in [-0.25, -0.2) is 0 Å². The first kappa shape index (κ1) is 18.5. The Morgan fingerprint density at radius 2 is 2.00 bits per heavy atom. The third kappa shape index (κ3) is 5.35. The molecule has 1 heterocycles. The predicted molar refractivity (Wildman–Crippen MR) is 98.6 cm³/mol. The van der Waals surface area contributed by atoms with E-state index in [1.165, 1.54) is 11.3 Å². The molecule has 0 aliphatic heterocycles. The lowest BCUT2D eigenvalue weighted by molar-refractivity contribution is -0.123. The summed E-state index contributed by atoms with van der Waals surface area (Å²) in [6.45, 7) is 4.32. The maximum atomic E-state index is 12.4. The van der Waals surface area contributed by atoms with Crippen molar-refractivity contribution in [2.75, 3.05) is 6.54 Å². The maximum absolute atomic E-state index is 12.4. The number of carbonyl (C=O) groups excluding carboxylic acids is 2. The van der Waals surface area contributed by atoms with E-state index in [2.05, 4.69) is 10.6 Å². The SMILES string of the molecule is CC(C)C(NC(=O)c1cccs1)C(=O)NCCc1cccc(Cl)c1. The Labute approximate surface area is 151 Å². The van der Waals surface area contributed by atoms with Crippen molar-refractivity contribution in [2.45, 2.75) is 26.3 Å². The zero-order chi connectivity index (χ0) is 17.5. The van der Waals surface area contributed by atoms with Crippen LogP contribution in [0.1, 0.15) is 29.1 Å². The second-order valence-corrected chi connectivity index (χ2v) is 7.23. The minimum atomic E-state index is -0.557. The van der Waals surface area contributed by atoms with E-state index in [9.17, 15) is 9.59 Å². The van der Waals surface area contributed by atoms with Gasteiger partial charge in [-0.2, -0.15) is 0 Å². The number of hydrogen-bond acceptors (Lipinski definition) is 3. The van der Waals surface area contributed by atoms with Crippen molar-refractivity contribution in [1.29, 1.82) is 0 Å². The number of hydrogen-bond donors (Lipinski definition) is 2. The Morgan fingerprint density at radius 1 is 1.21 bits per heavy atom. The summed E-state index contributed by atoms with van der Waals surface area (Å²) in [5.41, 5.74) is 1.06. The smallest absolute Gasteiger partial charge is 0.262 e. The van der Waals surface area contributed by atoms with Gasteiger partial charge in [0.1, 0.15) is 6.04 Å². The van der Waals surface area contributed by atoms with Gasteiger partial charge in [0.05, 0.1) is 4.88 Å². The molecular weight excluding hydrogens is 344 g/mol. The Kier molecular flexibility index (Phi) is 6.82. The fourth-order valence-electron chi connectivity index (χ4n) is 2.29. The van der Waals surface area contributed by atoms with Crippen molar-refractivity contribution in [3.63, 3.8) is 0 Å². The molecule has 1 aromatic carbocycles. The largest absolute Gasteiger partial charge is 0.354 e. The van der Waals surface area contributed by atoms with Crippen molar-refractivity contribution in [3.8, 4) is 0 Å². The molecule has 6 heteroatoms. The third-order valence-corrected chi connectivity index (χ3v) is 4.69. The summed E-state index contributed by atoms with van der Waals surface area (Å²) < 4.78 is 0. The topological polar surface area (TPSA) is 58.2 Å². The molecule has 0 fully saturated rings. The summed E-state index contributed by atoms with van der Waals surface area (Å²) in [5, 5.41) is 8.22. The third-order valence-electron chi connectivity index (χ3n) is 3.58. The lowest BCUT2D eigenvalue weighted by atomic mass is 10.0. The van der Waals surface area contributed by atoms with Crippen LogP contribution in [-0.2, 0) is 11.2 Å². The van der Waals surface area contributed by atoms with Crippen LogP contribution in [0.5, 0.6) is 0 Å². The van der Waals surface area contributed by atoms with Gasteiger partial charge in [0.25, 0.3) is 5.91 Å². The van der Waals surface area contributed by atoms with Crippen molar-refractivity contribution < 1.29 is 9.59 Å². The number of carbonyl (C=O) groups is 2. The number of thiophene rings is 1. The van der Waals surface area contributed by atoms with Crippen LogP contribution >= 0.6 is 22.9 Å². The molecule has 128 valence electrons. The molecule has 0 radical (unpaired) electrons. The molecule has 1 unspecified atom stereocenters. The number of nitrogens with one attached hydrogen (secondary N) is 2. The average molecular weight is 365 g/mol. The Balaban J connectivity index is 1.88. The van der Waals surface area contributed by atoms with Gasteiger partial charge >= 0.3 is 0 Å². The van der Waals surface area contributed by atoms with Crippen LogP contribution in [0.3, 0.4) is 0 Å². The molecule has 0 bridgehead atoms. The fourth-order valence-corrected chi connectivity index (χ4v) is 3.13. The highest BCUT2D eigenvalue weighted by Gasteiger charge is 2.24. The highest BCUT2D eigenvalue weighted by Crippen LogP contribution is 2.12. The zero-order valence-electron chi connectivity index (χ0n) is 13.7. The molecule has 0 aliphatic rings. The van der Waals surface area contributed by atoms with Crippen LogP contribution in [0.15, 0.2) is 41.8 Å². The van der Waals surface area contributed by atoms with Gasteiger partial charge in [0.2, 0.25) is 5.91 Å². The molecular formula is C18H21ClN2O2S. The first-order valence-corrected chi connectivity index (χ1v) is 9.09. The van der Waals surface area contributed by atoms with Gasteiger partial charge in [0.15, 0.2) is 0 Å². The van der Waals surface area contributed by atoms with Gasteiger partial charge < -0.3 is 10.6 Å². The van der Waals surface area contributed by atoms with Crippen LogP contribution in [0, 0.1) is 5.92 Å². The quantitative estimate of drug-likeness (QED) is 0.789. The summed E-state index contributed by atoms with van der Waals surface area (Å²) >= 11 is 7.31. The highest BCUT2D eigenvalue weighted by molar-refractivity contribution is 7.12. The van der Waals surface area contributed by atoms with E-state index in [4.69, 9.17) is 11.6 Å². The monoisotopic (exact) mass is 364 g/mol. The normalized spacial score (nSPS) is 12.0. The van der Waals surface area contributed by atoms with Gasteiger partial charge in [-0.3, -0.25) is 9.59 Å². The van der Waals surface area contributed by atoms with Crippen LogP contribution < -0.4 is 10.6 Å². The lowest BCUT2D eigenvalue weighted by Gasteiger charge is -2.21. The minimum Gasteiger partial charge on any atom is -0.354 e. The Hall–Kier alpha value is -1.85. The van der Waals surface area contributed by atoms with E-state index >= 15 is 0 Å². The first-order chi connectivity index (χ1) is 11.5. The number of rotatable bonds is 7. The van der Waals surface area contributed by atoms with Crippen LogP contribution in [-0.4, -0.2) is 24.4 Å². The van der Waals surface area contributed by atoms with Gasteiger partial charge in [-0.1, -0.05) is 43.6 Å². The summed E-state index contributed by atoms with van der Waals surface area (Å²) in [6.07, 6.45) is 0.690. The van der Waals surface area contributed by atoms with E-state index in [0.717, 1.165) is 5.56 Å². The Morgan fingerprint density at radius 3 is 2.62 bits per heavy atom. The standard InChI is InChI=1S/C18H21ClN2O2S/c1-12(2)16(21-17(22)15-7-4-10-24-15)18(23)20-9-8-13-5-3-6-14(19)11-13/h3-7,10-12,16H,8-9H2,1-2H3,(H,20,23)(H,21,22). The molecule has 24 heavy (non-hydrogen) atoms. The number of amides is 2. The maximum Gasteiger partial charge on any atom is 0.262 e. The van der Waals surface area contributed by atoms with Crippen LogP contribution in [0.2, 0.25) is 5.02 Å². The van der Waals surface area contributed by atoms with E-state index < -0.39 is 6.04 Å². The van der Waals surface area contributed by atoms with E-state index in [1.54, 1.807) is 6.07 Å². The Bertz CT molecular complexity index is 686. The molecule has 2 rings (SSSR count). The minimum absolute atomic E-state index is 0.0000759. The van der Waals surface area contributed by atoms with Crippen LogP contribution in [0.4, 0.5) is 0 Å². The second-order valence-electron chi connectivity index (χ2n) is 5.84. The molecule has 0 spiro atoms. The van der Waals surface area contributed by atoms with Crippen molar-refractivity contribution in [2.24, 2.45) is 5.92 Å². The van der Waals surface area contributed by atoms with Gasteiger partial charge in [-0.05, 0) is 41.5 Å². The average Bonchev–Trinajstić information content (AvgIpc) is 3.06. The van der Waals surface area contributed by atoms with Gasteiger partial charge in [-0.15, -0.1) is 11.3 Å². The predicted octanol–water partition coefficient (Wildman–Crippen LogP) is 3.51. The number of benzene rings is 1. The van der Waals surface area contributed by atoms with Crippen molar-refractivity contribution in [3.05, 3.63) is 57.2 Å². The lowest BCUT2D eigenvalue weighted by Crippen LogP contribution is -2.49. The summed E-state index contributed by atoms with van der Waals surface area (Å²) in [6, 6.07) is 10.6.